The van der Waals surface area contributed by atoms with E-state index in [1.807, 2.05) is 0 Å². The summed E-state index contributed by atoms with van der Waals surface area (Å²) < 4.78 is 0. The first-order valence-electron chi connectivity index (χ1n) is 10.3. The van der Waals surface area contributed by atoms with E-state index < -0.39 is 0 Å². The van der Waals surface area contributed by atoms with Gasteiger partial charge in [0.05, 0.1) is 0 Å². The van der Waals surface area contributed by atoms with Gasteiger partial charge < -0.3 is 0 Å². The van der Waals surface area contributed by atoms with Crippen LogP contribution in [0.25, 0.3) is 32.7 Å². The first kappa shape index (κ1) is 15.9. The Hall–Kier alpha value is -3.12. The second-order valence-corrected chi connectivity index (χ2v) is 8.13. The zero-order valence-electron chi connectivity index (χ0n) is 15.8. The summed E-state index contributed by atoms with van der Waals surface area (Å²) in [6.45, 7) is 0. The molecular weight excluding hydrogens is 336 g/mol. The maximum atomic E-state index is 2.49. The van der Waals surface area contributed by atoms with Gasteiger partial charge in [-0.15, -0.1) is 0 Å². The molecule has 134 valence electrons. The van der Waals surface area contributed by atoms with Gasteiger partial charge in [0.1, 0.15) is 0 Å². The van der Waals surface area contributed by atoms with Crippen LogP contribution in [0.2, 0.25) is 0 Å². The van der Waals surface area contributed by atoms with E-state index in [4.69, 9.17) is 0 Å². The summed E-state index contributed by atoms with van der Waals surface area (Å²) in [7, 11) is 0. The summed E-state index contributed by atoms with van der Waals surface area (Å²) in [5, 5.41) is 5.32. The fourth-order valence-corrected chi connectivity index (χ4v) is 5.23. The minimum absolute atomic E-state index is 0.627. The molecule has 0 bridgehead atoms. The molecule has 0 heterocycles. The highest BCUT2D eigenvalue weighted by molar-refractivity contribution is 5.90. The molecule has 2 aliphatic carbocycles. The number of allylic oxidation sites excluding steroid dienone is 4. The SMILES string of the molecule is C1=C(c2ccc3ccccc3c2)[C@H]2CC=C(c3ccc4ccccc4c3)[C@H]2C1. The first-order valence-corrected chi connectivity index (χ1v) is 10.3. The molecule has 0 radical (unpaired) electrons. The van der Waals surface area contributed by atoms with Crippen LogP contribution in [0.15, 0.2) is 97.1 Å². The predicted octanol–water partition coefficient (Wildman–Crippen LogP) is 7.50. The van der Waals surface area contributed by atoms with Gasteiger partial charge in [0, 0.05) is 0 Å². The van der Waals surface area contributed by atoms with Crippen molar-refractivity contribution in [3.63, 3.8) is 0 Å². The summed E-state index contributed by atoms with van der Waals surface area (Å²) in [6, 6.07) is 31.2. The molecule has 0 fully saturated rings. The van der Waals surface area contributed by atoms with Gasteiger partial charge in [0.2, 0.25) is 0 Å². The minimum Gasteiger partial charge on any atom is -0.0798 e. The van der Waals surface area contributed by atoms with E-state index in [2.05, 4.69) is 97.1 Å². The Morgan fingerprint density at radius 2 is 0.893 bits per heavy atom. The molecule has 0 aromatic heterocycles. The molecule has 0 saturated heterocycles. The molecule has 0 N–H and O–H groups in total. The normalized spacial score (nSPS) is 21.0. The van der Waals surface area contributed by atoms with E-state index in [9.17, 15) is 0 Å². The van der Waals surface area contributed by atoms with E-state index in [0.717, 1.165) is 12.8 Å². The van der Waals surface area contributed by atoms with Gasteiger partial charge in [-0.1, -0.05) is 84.9 Å². The number of hydrogen-bond acceptors (Lipinski definition) is 0. The Morgan fingerprint density at radius 3 is 1.36 bits per heavy atom. The highest BCUT2D eigenvalue weighted by Gasteiger charge is 2.36. The average Bonchev–Trinajstić information content (AvgIpc) is 3.35. The third-order valence-electron chi connectivity index (χ3n) is 6.63. The molecule has 2 aliphatic rings. The quantitative estimate of drug-likeness (QED) is 0.348. The maximum Gasteiger partial charge on any atom is -0.00525 e. The smallest absolute Gasteiger partial charge is 0.00525 e. The topological polar surface area (TPSA) is 0 Å². The lowest BCUT2D eigenvalue weighted by Gasteiger charge is -2.19. The lowest BCUT2D eigenvalue weighted by Crippen LogP contribution is -2.06. The summed E-state index contributed by atoms with van der Waals surface area (Å²) in [4.78, 5) is 0. The van der Waals surface area contributed by atoms with Gasteiger partial charge in [-0.3, -0.25) is 0 Å². The van der Waals surface area contributed by atoms with Gasteiger partial charge >= 0.3 is 0 Å². The predicted molar refractivity (Wildman–Crippen MR) is 120 cm³/mol. The molecule has 0 saturated carbocycles. The molecule has 2 atom stereocenters. The van der Waals surface area contributed by atoms with Crippen molar-refractivity contribution in [1.29, 1.82) is 0 Å². The van der Waals surface area contributed by atoms with Crippen molar-refractivity contribution >= 4 is 32.7 Å². The van der Waals surface area contributed by atoms with Crippen molar-refractivity contribution in [2.75, 3.05) is 0 Å². The first-order chi connectivity index (χ1) is 13.9. The van der Waals surface area contributed by atoms with Crippen LogP contribution in [0, 0.1) is 11.8 Å². The van der Waals surface area contributed by atoms with Crippen LogP contribution >= 0.6 is 0 Å². The molecule has 4 aromatic carbocycles. The van der Waals surface area contributed by atoms with Crippen LogP contribution in [-0.4, -0.2) is 0 Å². The summed E-state index contributed by atoms with van der Waals surface area (Å²) >= 11 is 0. The lowest BCUT2D eigenvalue weighted by molar-refractivity contribution is 0.574. The Morgan fingerprint density at radius 1 is 0.464 bits per heavy atom. The van der Waals surface area contributed by atoms with Crippen LogP contribution in [0.1, 0.15) is 24.0 Å². The summed E-state index contributed by atoms with van der Waals surface area (Å²) in [5.41, 5.74) is 5.89. The Labute approximate surface area is 165 Å². The third-order valence-corrected chi connectivity index (χ3v) is 6.63. The van der Waals surface area contributed by atoms with Gasteiger partial charge in [-0.05, 0) is 80.6 Å². The standard InChI is InChI=1S/C28H22/c1-3-7-21-17-23(11-9-19(21)5-1)25-13-15-28-26(14-16-27(25)28)24-12-10-20-6-2-4-8-22(20)18-24/h1-14,17-18,27-28H,15-16H2/t27-,28-/m1/s1. The van der Waals surface area contributed by atoms with Crippen molar-refractivity contribution in [3.05, 3.63) is 108 Å². The zero-order chi connectivity index (χ0) is 18.5. The van der Waals surface area contributed by atoms with Crippen LogP contribution in [0.4, 0.5) is 0 Å². The van der Waals surface area contributed by atoms with Gasteiger partial charge in [-0.2, -0.15) is 0 Å². The van der Waals surface area contributed by atoms with Crippen molar-refractivity contribution < 1.29 is 0 Å². The molecular formula is C28H22. The summed E-state index contributed by atoms with van der Waals surface area (Å²) in [6.07, 6.45) is 7.30. The second kappa shape index (κ2) is 6.21. The Bertz CT molecular complexity index is 1170. The second-order valence-electron chi connectivity index (χ2n) is 8.13. The number of fused-ring (bicyclic) bond motifs is 3. The molecule has 4 aromatic rings. The zero-order valence-corrected chi connectivity index (χ0v) is 15.8. The summed E-state index contributed by atoms with van der Waals surface area (Å²) in [5.74, 6) is 1.25. The van der Waals surface area contributed by atoms with Gasteiger partial charge in [0.25, 0.3) is 0 Å². The molecule has 0 unspecified atom stereocenters. The molecule has 0 amide bonds. The number of rotatable bonds is 2. The monoisotopic (exact) mass is 358 g/mol. The average molecular weight is 358 g/mol. The van der Waals surface area contributed by atoms with Crippen LogP contribution < -0.4 is 0 Å². The van der Waals surface area contributed by atoms with Crippen LogP contribution in [0.5, 0.6) is 0 Å². The van der Waals surface area contributed by atoms with E-state index in [-0.39, 0.29) is 0 Å². The van der Waals surface area contributed by atoms with Gasteiger partial charge in [-0.25, -0.2) is 0 Å². The number of hydrogen-bond donors (Lipinski definition) is 0. The minimum atomic E-state index is 0.627. The largest absolute Gasteiger partial charge is 0.0798 e. The van der Waals surface area contributed by atoms with Gasteiger partial charge in [0.15, 0.2) is 0 Å². The highest BCUT2D eigenvalue weighted by atomic mass is 14.4. The number of benzene rings is 4. The fourth-order valence-electron chi connectivity index (χ4n) is 5.23. The molecule has 0 spiro atoms. The molecule has 6 rings (SSSR count). The van der Waals surface area contributed by atoms with E-state index in [1.54, 1.807) is 11.1 Å². The Balaban J connectivity index is 1.33. The van der Waals surface area contributed by atoms with Crippen molar-refractivity contribution in [2.45, 2.75) is 12.8 Å². The third kappa shape index (κ3) is 2.45. The van der Waals surface area contributed by atoms with Crippen molar-refractivity contribution in [1.82, 2.24) is 0 Å². The van der Waals surface area contributed by atoms with E-state index >= 15 is 0 Å². The van der Waals surface area contributed by atoms with Crippen LogP contribution in [-0.2, 0) is 0 Å². The molecule has 0 nitrogen and oxygen atoms in total. The maximum absolute atomic E-state index is 2.49. The van der Waals surface area contributed by atoms with Crippen molar-refractivity contribution in [3.8, 4) is 0 Å². The Kier molecular flexibility index (Phi) is 3.52. The highest BCUT2D eigenvalue weighted by Crippen LogP contribution is 2.51. The fraction of sp³-hybridized carbons (Fsp3) is 0.143. The van der Waals surface area contributed by atoms with E-state index in [0.29, 0.717) is 11.8 Å². The van der Waals surface area contributed by atoms with Crippen LogP contribution in [0.3, 0.4) is 0 Å². The molecule has 0 heteroatoms. The molecule has 28 heavy (non-hydrogen) atoms. The lowest BCUT2D eigenvalue weighted by atomic mass is 9.85. The van der Waals surface area contributed by atoms with E-state index in [1.165, 1.54) is 32.7 Å². The van der Waals surface area contributed by atoms with Crippen molar-refractivity contribution in [2.24, 2.45) is 11.8 Å². The molecule has 0 aliphatic heterocycles.